The molecule has 0 fully saturated rings. The van der Waals surface area contributed by atoms with Gasteiger partial charge in [0.25, 0.3) is 0 Å². The molecule has 0 saturated heterocycles. The van der Waals surface area contributed by atoms with E-state index in [0.29, 0.717) is 0 Å². The number of aliphatic hydroxyl groups is 3. The first-order valence-electron chi connectivity index (χ1n) is 7.99. The van der Waals surface area contributed by atoms with Crippen molar-refractivity contribution < 1.29 is 15.3 Å². The van der Waals surface area contributed by atoms with Crippen LogP contribution in [0.15, 0.2) is 0 Å². The Bertz CT molecular complexity index is 182. The van der Waals surface area contributed by atoms with Crippen LogP contribution in [0.2, 0.25) is 0 Å². The Hall–Kier alpha value is -0.120. The second-order valence-corrected chi connectivity index (χ2v) is 6.00. The van der Waals surface area contributed by atoms with Crippen LogP contribution in [0.4, 0.5) is 0 Å². The molecule has 0 aliphatic heterocycles. The summed E-state index contributed by atoms with van der Waals surface area (Å²) in [5.74, 6) is 0.160. The summed E-state index contributed by atoms with van der Waals surface area (Å²) in [6.45, 7) is 3.83. The molecular formula is C16H34O3. The molecule has 0 aliphatic rings. The topological polar surface area (TPSA) is 60.7 Å². The summed E-state index contributed by atoms with van der Waals surface area (Å²) < 4.78 is 0. The van der Waals surface area contributed by atoms with Crippen LogP contribution < -0.4 is 0 Å². The van der Waals surface area contributed by atoms with E-state index in [9.17, 15) is 15.3 Å². The lowest BCUT2D eigenvalue weighted by atomic mass is 9.75. The van der Waals surface area contributed by atoms with E-state index in [0.717, 1.165) is 12.8 Å². The molecule has 19 heavy (non-hydrogen) atoms. The van der Waals surface area contributed by atoms with Crippen LogP contribution in [-0.4, -0.2) is 35.1 Å². The Kier molecular flexibility index (Phi) is 11.6. The molecule has 1 atom stereocenters. The molecule has 1 unspecified atom stereocenters. The highest BCUT2D eigenvalue weighted by Crippen LogP contribution is 2.30. The third-order valence-corrected chi connectivity index (χ3v) is 4.48. The van der Waals surface area contributed by atoms with E-state index in [4.69, 9.17) is 0 Å². The van der Waals surface area contributed by atoms with Gasteiger partial charge < -0.3 is 15.3 Å². The second kappa shape index (κ2) is 11.7. The smallest absolute Gasteiger partial charge is 0.0534 e. The lowest BCUT2D eigenvalue weighted by molar-refractivity contribution is -0.0361. The van der Waals surface area contributed by atoms with E-state index in [2.05, 4.69) is 6.92 Å². The third-order valence-electron chi connectivity index (χ3n) is 4.48. The zero-order valence-electron chi connectivity index (χ0n) is 12.9. The fourth-order valence-electron chi connectivity index (χ4n) is 2.51. The van der Waals surface area contributed by atoms with Gasteiger partial charge in [-0.25, -0.2) is 0 Å². The summed E-state index contributed by atoms with van der Waals surface area (Å²) in [6.07, 6.45) is 11.3. The lowest BCUT2D eigenvalue weighted by Crippen LogP contribution is -2.40. The van der Waals surface area contributed by atoms with Gasteiger partial charge in [0.1, 0.15) is 0 Å². The SMILES string of the molecule is CCCCCCCCCCC(C)C(CO)(CO)CO. The number of hydrogen-bond donors (Lipinski definition) is 3. The predicted octanol–water partition coefficient (Wildman–Crippen LogP) is 3.12. The van der Waals surface area contributed by atoms with Gasteiger partial charge >= 0.3 is 0 Å². The van der Waals surface area contributed by atoms with Crippen molar-refractivity contribution in [3.63, 3.8) is 0 Å². The standard InChI is InChI=1S/C16H34O3/c1-3-4-5-6-7-8-9-10-11-15(2)16(12-17,13-18)14-19/h15,17-19H,3-14H2,1-2H3. The van der Waals surface area contributed by atoms with Crippen molar-refractivity contribution in [2.24, 2.45) is 11.3 Å². The molecule has 3 nitrogen and oxygen atoms in total. The maximum Gasteiger partial charge on any atom is 0.0534 e. The Balaban J connectivity index is 3.64. The highest BCUT2D eigenvalue weighted by Gasteiger charge is 2.34. The fourth-order valence-corrected chi connectivity index (χ4v) is 2.51. The van der Waals surface area contributed by atoms with E-state index in [1.54, 1.807) is 0 Å². The van der Waals surface area contributed by atoms with Crippen LogP contribution in [0.5, 0.6) is 0 Å². The molecule has 0 aromatic carbocycles. The minimum atomic E-state index is -0.707. The number of hydrogen-bond acceptors (Lipinski definition) is 3. The monoisotopic (exact) mass is 274 g/mol. The van der Waals surface area contributed by atoms with Gasteiger partial charge in [0.05, 0.1) is 19.8 Å². The van der Waals surface area contributed by atoms with Crippen LogP contribution in [0, 0.1) is 11.3 Å². The maximum absolute atomic E-state index is 9.35. The van der Waals surface area contributed by atoms with Crippen molar-refractivity contribution in [2.75, 3.05) is 19.8 Å². The molecule has 0 saturated carbocycles. The van der Waals surface area contributed by atoms with Gasteiger partial charge in [-0.2, -0.15) is 0 Å². The van der Waals surface area contributed by atoms with Crippen molar-refractivity contribution in [1.29, 1.82) is 0 Å². The molecule has 0 aromatic rings. The van der Waals surface area contributed by atoms with Gasteiger partial charge in [-0.1, -0.05) is 65.2 Å². The molecule has 0 bridgehead atoms. The van der Waals surface area contributed by atoms with Gasteiger partial charge in [0.2, 0.25) is 0 Å². The Labute approximate surface area is 119 Å². The van der Waals surface area contributed by atoms with Crippen LogP contribution in [0.1, 0.15) is 71.6 Å². The zero-order valence-corrected chi connectivity index (χ0v) is 12.9. The van der Waals surface area contributed by atoms with E-state index in [1.807, 2.05) is 6.92 Å². The normalized spacial score (nSPS) is 13.7. The molecule has 0 amide bonds. The Morgan fingerprint density at radius 3 is 1.58 bits per heavy atom. The highest BCUT2D eigenvalue weighted by atomic mass is 16.3. The molecule has 3 N–H and O–H groups in total. The highest BCUT2D eigenvalue weighted by molar-refractivity contribution is 4.82. The number of unbranched alkanes of at least 4 members (excludes halogenated alkanes) is 7. The van der Waals surface area contributed by atoms with Gasteiger partial charge in [0.15, 0.2) is 0 Å². The molecule has 0 radical (unpaired) electrons. The van der Waals surface area contributed by atoms with E-state index < -0.39 is 5.41 Å². The van der Waals surface area contributed by atoms with Crippen molar-refractivity contribution in [3.05, 3.63) is 0 Å². The van der Waals surface area contributed by atoms with Crippen molar-refractivity contribution in [2.45, 2.75) is 71.6 Å². The summed E-state index contributed by atoms with van der Waals surface area (Å²) in [4.78, 5) is 0. The maximum atomic E-state index is 9.35. The van der Waals surface area contributed by atoms with Crippen molar-refractivity contribution in [3.8, 4) is 0 Å². The van der Waals surface area contributed by atoms with Crippen molar-refractivity contribution in [1.82, 2.24) is 0 Å². The first kappa shape index (κ1) is 18.9. The summed E-state index contributed by atoms with van der Waals surface area (Å²) in [5, 5.41) is 28.1. The summed E-state index contributed by atoms with van der Waals surface area (Å²) in [7, 11) is 0. The third kappa shape index (κ3) is 7.28. The number of rotatable bonds is 13. The van der Waals surface area contributed by atoms with Gasteiger partial charge in [0, 0.05) is 5.41 Å². The van der Waals surface area contributed by atoms with Crippen LogP contribution in [-0.2, 0) is 0 Å². The molecule has 0 rings (SSSR count). The molecule has 0 spiro atoms. The van der Waals surface area contributed by atoms with Crippen LogP contribution >= 0.6 is 0 Å². The van der Waals surface area contributed by atoms with Gasteiger partial charge in [-0.05, 0) is 12.3 Å². The average molecular weight is 274 g/mol. The molecule has 0 heterocycles. The molecule has 3 heteroatoms. The van der Waals surface area contributed by atoms with Gasteiger partial charge in [-0.15, -0.1) is 0 Å². The van der Waals surface area contributed by atoms with E-state index >= 15 is 0 Å². The minimum absolute atomic E-state index is 0.141. The van der Waals surface area contributed by atoms with Gasteiger partial charge in [-0.3, -0.25) is 0 Å². The van der Waals surface area contributed by atoms with E-state index in [1.165, 1.54) is 44.9 Å². The van der Waals surface area contributed by atoms with E-state index in [-0.39, 0.29) is 25.7 Å². The average Bonchev–Trinajstić information content (AvgIpc) is 2.44. The quantitative estimate of drug-likeness (QED) is 0.452. The molecule has 116 valence electrons. The summed E-state index contributed by atoms with van der Waals surface area (Å²) in [6, 6.07) is 0. The molecular weight excluding hydrogens is 240 g/mol. The summed E-state index contributed by atoms with van der Waals surface area (Å²) in [5.41, 5.74) is -0.707. The second-order valence-electron chi connectivity index (χ2n) is 6.00. The molecule has 0 aliphatic carbocycles. The largest absolute Gasteiger partial charge is 0.396 e. The lowest BCUT2D eigenvalue weighted by Gasteiger charge is -2.34. The number of aliphatic hydroxyl groups excluding tert-OH is 3. The van der Waals surface area contributed by atoms with Crippen LogP contribution in [0.3, 0.4) is 0 Å². The molecule has 0 aromatic heterocycles. The Morgan fingerprint density at radius 1 is 0.737 bits per heavy atom. The minimum Gasteiger partial charge on any atom is -0.396 e. The summed E-state index contributed by atoms with van der Waals surface area (Å²) >= 11 is 0. The zero-order chi connectivity index (χ0) is 14.6. The first-order chi connectivity index (χ1) is 9.16. The Morgan fingerprint density at radius 2 is 1.16 bits per heavy atom. The van der Waals surface area contributed by atoms with Crippen LogP contribution in [0.25, 0.3) is 0 Å². The fraction of sp³-hybridized carbons (Fsp3) is 1.00. The predicted molar refractivity (Wildman–Crippen MR) is 80.1 cm³/mol. The van der Waals surface area contributed by atoms with Crippen molar-refractivity contribution >= 4 is 0 Å². The first-order valence-corrected chi connectivity index (χ1v) is 7.99.